The molecule has 0 saturated carbocycles. The summed E-state index contributed by atoms with van der Waals surface area (Å²) in [5, 5.41) is 0. The van der Waals surface area contributed by atoms with Crippen molar-refractivity contribution in [3.63, 3.8) is 0 Å². The maximum atomic E-state index is 12.6. The zero-order valence-electron chi connectivity index (χ0n) is 14.6. The third kappa shape index (κ3) is 3.93. The molecule has 0 bridgehead atoms. The van der Waals surface area contributed by atoms with Gasteiger partial charge in [0, 0.05) is 24.5 Å². The second-order valence-electron chi connectivity index (χ2n) is 5.64. The van der Waals surface area contributed by atoms with E-state index in [9.17, 15) is 18.0 Å². The van der Waals surface area contributed by atoms with E-state index in [-0.39, 0.29) is 5.69 Å². The van der Waals surface area contributed by atoms with Gasteiger partial charge in [-0.05, 0) is 51.5 Å². The van der Waals surface area contributed by atoms with E-state index in [1.165, 1.54) is 6.92 Å². The number of benzene rings is 1. The number of aromatic nitrogens is 2. The minimum Gasteiger partial charge on any atom is -0.372 e. The van der Waals surface area contributed by atoms with Crippen molar-refractivity contribution in [3.8, 4) is 0 Å². The number of nitrogens with one attached hydrogen (secondary N) is 3. The highest BCUT2D eigenvalue weighted by Crippen LogP contribution is 2.24. The van der Waals surface area contributed by atoms with Gasteiger partial charge < -0.3 is 9.88 Å². The van der Waals surface area contributed by atoms with Crippen molar-refractivity contribution >= 4 is 21.4 Å². The molecule has 0 amide bonds. The first-order chi connectivity index (χ1) is 11.7. The van der Waals surface area contributed by atoms with Gasteiger partial charge in [-0.1, -0.05) is 0 Å². The minimum absolute atomic E-state index is 0.0151. The molecule has 9 heteroatoms. The molecule has 0 saturated heterocycles. The fraction of sp³-hybridized carbons (Fsp3) is 0.375. The van der Waals surface area contributed by atoms with Crippen LogP contribution in [0, 0.1) is 13.8 Å². The number of H-pyrrole nitrogens is 2. The number of rotatable bonds is 6. The molecule has 0 aliphatic carbocycles. The van der Waals surface area contributed by atoms with Crippen LogP contribution in [0.3, 0.4) is 0 Å². The molecule has 0 aliphatic heterocycles. The number of nitrogens with zero attached hydrogens (tertiary/aromatic N) is 1. The van der Waals surface area contributed by atoms with Crippen LogP contribution in [0.15, 0.2) is 32.7 Å². The molecule has 1 heterocycles. The smallest absolute Gasteiger partial charge is 0.325 e. The van der Waals surface area contributed by atoms with E-state index in [2.05, 4.69) is 14.6 Å². The Morgan fingerprint density at radius 2 is 1.72 bits per heavy atom. The minimum atomic E-state index is -4.14. The Hall–Kier alpha value is -2.55. The van der Waals surface area contributed by atoms with Crippen molar-refractivity contribution in [3.05, 3.63) is 50.3 Å². The average molecular weight is 366 g/mol. The molecular formula is C16H22N4O4S. The fourth-order valence-corrected chi connectivity index (χ4v) is 4.03. The summed E-state index contributed by atoms with van der Waals surface area (Å²) in [4.78, 5) is 29.0. The van der Waals surface area contributed by atoms with E-state index in [0.29, 0.717) is 5.69 Å². The summed E-state index contributed by atoms with van der Waals surface area (Å²) in [6.45, 7) is 8.91. The molecule has 8 nitrogen and oxygen atoms in total. The second-order valence-corrected chi connectivity index (χ2v) is 7.26. The molecule has 0 unspecified atom stereocenters. The fourth-order valence-electron chi connectivity index (χ4n) is 2.66. The van der Waals surface area contributed by atoms with Crippen LogP contribution in [-0.2, 0) is 10.0 Å². The number of hydrogen-bond donors (Lipinski definition) is 3. The van der Waals surface area contributed by atoms with Gasteiger partial charge in [0.2, 0.25) is 0 Å². The molecule has 2 aromatic rings. The molecule has 0 fully saturated rings. The van der Waals surface area contributed by atoms with E-state index in [0.717, 1.165) is 24.3 Å². The Balaban J connectivity index is 2.43. The number of aryl methyl sites for hydroxylation is 2. The second kappa shape index (κ2) is 7.14. The van der Waals surface area contributed by atoms with Gasteiger partial charge in [0.25, 0.3) is 15.6 Å². The van der Waals surface area contributed by atoms with Crippen LogP contribution in [0.5, 0.6) is 0 Å². The van der Waals surface area contributed by atoms with Gasteiger partial charge in [0.1, 0.15) is 0 Å². The van der Waals surface area contributed by atoms with Gasteiger partial charge in [-0.3, -0.25) is 14.5 Å². The van der Waals surface area contributed by atoms with Crippen LogP contribution in [-0.4, -0.2) is 31.5 Å². The van der Waals surface area contributed by atoms with Crippen molar-refractivity contribution in [1.29, 1.82) is 0 Å². The highest BCUT2D eigenvalue weighted by Gasteiger charge is 2.23. The summed E-state index contributed by atoms with van der Waals surface area (Å²) in [6.07, 6.45) is 0. The lowest BCUT2D eigenvalue weighted by molar-refractivity contribution is 0.598. The van der Waals surface area contributed by atoms with Crippen molar-refractivity contribution in [2.75, 3.05) is 22.7 Å². The predicted molar refractivity (Wildman–Crippen MR) is 98.0 cm³/mol. The lowest BCUT2D eigenvalue weighted by Gasteiger charge is -2.22. The Morgan fingerprint density at radius 3 is 2.24 bits per heavy atom. The van der Waals surface area contributed by atoms with Gasteiger partial charge >= 0.3 is 5.69 Å². The maximum Gasteiger partial charge on any atom is 0.325 e. The molecular weight excluding hydrogens is 344 g/mol. The third-order valence-corrected chi connectivity index (χ3v) is 5.44. The summed E-state index contributed by atoms with van der Waals surface area (Å²) >= 11 is 0. The Bertz CT molecular complexity index is 988. The van der Waals surface area contributed by atoms with Crippen LogP contribution >= 0.6 is 0 Å². The molecule has 136 valence electrons. The largest absolute Gasteiger partial charge is 0.372 e. The molecule has 2 rings (SSSR count). The molecule has 0 radical (unpaired) electrons. The first-order valence-electron chi connectivity index (χ1n) is 7.91. The highest BCUT2D eigenvalue weighted by atomic mass is 32.2. The summed E-state index contributed by atoms with van der Waals surface area (Å²) < 4.78 is 27.6. The number of sulfonamides is 1. The normalized spacial score (nSPS) is 11.4. The number of aromatic amines is 2. The van der Waals surface area contributed by atoms with Gasteiger partial charge in [-0.25, -0.2) is 13.2 Å². The van der Waals surface area contributed by atoms with Crippen LogP contribution in [0.2, 0.25) is 0 Å². The Labute approximate surface area is 146 Å². The predicted octanol–water partition coefficient (Wildman–Crippen LogP) is 1.33. The van der Waals surface area contributed by atoms with Crippen LogP contribution in [0.25, 0.3) is 0 Å². The summed E-state index contributed by atoms with van der Waals surface area (Å²) in [5.41, 5.74) is 0.377. The van der Waals surface area contributed by atoms with Gasteiger partial charge in [-0.15, -0.1) is 0 Å². The standard InChI is InChI=1S/C16H22N4O4S/c1-5-20(6-2)12-7-8-13(10(3)9-12)19-25(23,24)14-11(4)17-16(22)18-15(14)21/h7-9,19H,5-6H2,1-4H3,(H2,17,18,21,22). The van der Waals surface area contributed by atoms with Crippen molar-refractivity contribution in [2.24, 2.45) is 0 Å². The first-order valence-corrected chi connectivity index (χ1v) is 9.39. The van der Waals surface area contributed by atoms with E-state index >= 15 is 0 Å². The monoisotopic (exact) mass is 366 g/mol. The van der Waals surface area contributed by atoms with Crippen molar-refractivity contribution < 1.29 is 8.42 Å². The third-order valence-electron chi connectivity index (χ3n) is 3.93. The first kappa shape index (κ1) is 18.8. The molecule has 0 aliphatic rings. The average Bonchev–Trinajstić information content (AvgIpc) is 2.49. The lowest BCUT2D eigenvalue weighted by atomic mass is 10.1. The molecule has 0 atom stereocenters. The molecule has 1 aromatic heterocycles. The Kier molecular flexibility index (Phi) is 5.36. The van der Waals surface area contributed by atoms with E-state index < -0.39 is 26.2 Å². The van der Waals surface area contributed by atoms with Gasteiger partial charge in [0.15, 0.2) is 4.90 Å². The van der Waals surface area contributed by atoms with E-state index in [1.54, 1.807) is 13.0 Å². The number of anilines is 2. The van der Waals surface area contributed by atoms with Crippen LogP contribution in [0.1, 0.15) is 25.1 Å². The van der Waals surface area contributed by atoms with Crippen LogP contribution in [0.4, 0.5) is 11.4 Å². The lowest BCUT2D eigenvalue weighted by Crippen LogP contribution is -2.31. The highest BCUT2D eigenvalue weighted by molar-refractivity contribution is 7.92. The quantitative estimate of drug-likeness (QED) is 0.713. The molecule has 0 spiro atoms. The summed E-state index contributed by atoms with van der Waals surface area (Å²) in [7, 11) is -4.14. The van der Waals surface area contributed by atoms with Gasteiger partial charge in [-0.2, -0.15) is 0 Å². The molecule has 3 N–H and O–H groups in total. The Morgan fingerprint density at radius 1 is 1.08 bits per heavy atom. The zero-order chi connectivity index (χ0) is 18.8. The zero-order valence-corrected chi connectivity index (χ0v) is 15.5. The molecule has 1 aromatic carbocycles. The van der Waals surface area contributed by atoms with Gasteiger partial charge in [0.05, 0.1) is 5.69 Å². The maximum absolute atomic E-state index is 12.6. The number of hydrogen-bond acceptors (Lipinski definition) is 5. The SMILES string of the molecule is CCN(CC)c1ccc(NS(=O)(=O)c2c(C)[nH]c(=O)[nH]c2=O)c(C)c1. The van der Waals surface area contributed by atoms with Crippen LogP contribution < -0.4 is 20.9 Å². The summed E-state index contributed by atoms with van der Waals surface area (Å²) in [6, 6.07) is 5.37. The van der Waals surface area contributed by atoms with E-state index in [1.807, 2.05) is 31.0 Å². The molecule has 25 heavy (non-hydrogen) atoms. The van der Waals surface area contributed by atoms with Crippen molar-refractivity contribution in [1.82, 2.24) is 9.97 Å². The van der Waals surface area contributed by atoms with E-state index in [4.69, 9.17) is 0 Å². The summed E-state index contributed by atoms with van der Waals surface area (Å²) in [5.74, 6) is 0. The van der Waals surface area contributed by atoms with Crippen molar-refractivity contribution in [2.45, 2.75) is 32.6 Å². The topological polar surface area (TPSA) is 115 Å².